The first-order chi connectivity index (χ1) is 15.3. The summed E-state index contributed by atoms with van der Waals surface area (Å²) in [7, 11) is 4.72. The number of carbonyl (C=O) groups is 1. The predicted octanol–water partition coefficient (Wildman–Crippen LogP) is 2.12. The Balaban J connectivity index is 2.03. The average molecular weight is 439 g/mol. The van der Waals surface area contributed by atoms with Crippen molar-refractivity contribution < 1.29 is 18.7 Å². The van der Waals surface area contributed by atoms with Crippen LogP contribution in [0.5, 0.6) is 5.88 Å². The third-order valence-corrected chi connectivity index (χ3v) is 4.78. The topological polar surface area (TPSA) is 141 Å². The first-order valence-corrected chi connectivity index (χ1v) is 9.58. The highest BCUT2D eigenvalue weighted by Gasteiger charge is 2.23. The van der Waals surface area contributed by atoms with Crippen molar-refractivity contribution in [1.82, 2.24) is 25.1 Å². The molecule has 2 heterocycles. The lowest BCUT2D eigenvalue weighted by Gasteiger charge is -2.18. The van der Waals surface area contributed by atoms with E-state index >= 15 is 0 Å². The van der Waals surface area contributed by atoms with Gasteiger partial charge in [-0.3, -0.25) is 4.68 Å². The van der Waals surface area contributed by atoms with Gasteiger partial charge in [-0.2, -0.15) is 10.4 Å². The van der Waals surface area contributed by atoms with E-state index in [1.165, 1.54) is 25.4 Å². The average Bonchev–Trinajstić information content (AvgIpc) is 3.10. The van der Waals surface area contributed by atoms with E-state index in [0.29, 0.717) is 17.8 Å². The predicted molar refractivity (Wildman–Crippen MR) is 113 cm³/mol. The largest absolute Gasteiger partial charge is 0.467 e. The minimum absolute atomic E-state index is 0.00538. The number of methoxy groups -OCH3 is 1. The van der Waals surface area contributed by atoms with E-state index in [2.05, 4.69) is 26.5 Å². The summed E-state index contributed by atoms with van der Waals surface area (Å²) < 4.78 is 26.1. The molecule has 0 saturated carbocycles. The fourth-order valence-corrected chi connectivity index (χ4v) is 3.26. The van der Waals surface area contributed by atoms with Crippen LogP contribution in [0.3, 0.4) is 0 Å². The van der Waals surface area contributed by atoms with E-state index in [1.807, 2.05) is 0 Å². The maximum absolute atomic E-state index is 13.9. The Kier molecular flexibility index (Phi) is 6.65. The molecule has 0 aliphatic carbocycles. The third kappa shape index (κ3) is 4.35. The summed E-state index contributed by atoms with van der Waals surface area (Å²) in [6.07, 6.45) is 0.610. The van der Waals surface area contributed by atoms with Gasteiger partial charge >= 0.3 is 5.97 Å². The van der Waals surface area contributed by atoms with Crippen LogP contribution in [-0.2, 0) is 18.3 Å². The minimum atomic E-state index is -0.812. The molecule has 2 aromatic heterocycles. The van der Waals surface area contributed by atoms with Crippen molar-refractivity contribution in [3.8, 4) is 23.2 Å². The Hall–Kier alpha value is -4.04. The van der Waals surface area contributed by atoms with Crippen LogP contribution in [0, 0.1) is 17.1 Å². The standard InChI is InChI=1S/C21H22FN7O3/c1-11(14-7-12(22)5-6-13(14)21(30)31-4)32-20-19(24)26-9-16(27-20)18-15(8-23)28-29(3)17(18)10-25-2/h5-7,9,11,25H,10H2,1-4H3,(H2,24,26)/t11-/m1/s1. The Labute approximate surface area is 183 Å². The Morgan fingerprint density at radius 2 is 2.19 bits per heavy atom. The number of benzene rings is 1. The molecule has 1 aromatic carbocycles. The number of nitriles is 1. The molecule has 0 saturated heterocycles. The van der Waals surface area contributed by atoms with E-state index in [-0.39, 0.29) is 28.5 Å². The lowest BCUT2D eigenvalue weighted by molar-refractivity contribution is 0.0595. The minimum Gasteiger partial charge on any atom is -0.467 e. The fourth-order valence-electron chi connectivity index (χ4n) is 3.26. The van der Waals surface area contributed by atoms with Crippen molar-refractivity contribution in [2.24, 2.45) is 7.05 Å². The van der Waals surface area contributed by atoms with Crippen molar-refractivity contribution in [3.05, 3.63) is 52.7 Å². The van der Waals surface area contributed by atoms with Gasteiger partial charge in [-0.25, -0.2) is 19.2 Å². The van der Waals surface area contributed by atoms with Crippen LogP contribution in [-0.4, -0.2) is 39.9 Å². The summed E-state index contributed by atoms with van der Waals surface area (Å²) in [4.78, 5) is 20.7. The molecule has 0 unspecified atom stereocenters. The molecule has 3 rings (SSSR count). The van der Waals surface area contributed by atoms with Gasteiger partial charge in [0.05, 0.1) is 35.8 Å². The van der Waals surface area contributed by atoms with Gasteiger partial charge in [-0.15, -0.1) is 0 Å². The Morgan fingerprint density at radius 3 is 2.84 bits per heavy atom. The molecule has 166 valence electrons. The second-order valence-corrected chi connectivity index (χ2v) is 6.86. The van der Waals surface area contributed by atoms with Crippen LogP contribution in [0.25, 0.3) is 11.3 Å². The number of esters is 1. The number of carbonyl (C=O) groups excluding carboxylic acids is 1. The molecule has 0 bridgehead atoms. The first-order valence-electron chi connectivity index (χ1n) is 9.58. The molecule has 3 N–H and O–H groups in total. The molecular formula is C21H22FN7O3. The SMILES string of the molecule is CNCc1c(-c2cnc(N)c(O[C@H](C)c3cc(F)ccc3C(=O)OC)n2)c(C#N)nn1C. The highest BCUT2D eigenvalue weighted by atomic mass is 19.1. The van der Waals surface area contributed by atoms with Crippen molar-refractivity contribution in [1.29, 1.82) is 5.26 Å². The first kappa shape index (κ1) is 22.6. The summed E-state index contributed by atoms with van der Waals surface area (Å²) in [5.74, 6) is -1.21. The lowest BCUT2D eigenvalue weighted by Crippen LogP contribution is -2.14. The number of ether oxygens (including phenoxy) is 2. The lowest BCUT2D eigenvalue weighted by atomic mass is 10.0. The molecule has 0 fully saturated rings. The summed E-state index contributed by atoms with van der Waals surface area (Å²) in [5, 5.41) is 16.7. The number of nitrogens with one attached hydrogen (secondary N) is 1. The number of rotatable bonds is 7. The fraction of sp³-hybridized carbons (Fsp3) is 0.286. The number of nitrogens with two attached hydrogens (primary N) is 1. The molecule has 10 nitrogen and oxygen atoms in total. The molecule has 0 amide bonds. The monoisotopic (exact) mass is 439 g/mol. The highest BCUT2D eigenvalue weighted by Crippen LogP contribution is 2.31. The van der Waals surface area contributed by atoms with Gasteiger partial charge < -0.3 is 20.5 Å². The van der Waals surface area contributed by atoms with Gasteiger partial charge in [0.1, 0.15) is 18.0 Å². The second kappa shape index (κ2) is 9.40. The second-order valence-electron chi connectivity index (χ2n) is 6.86. The van der Waals surface area contributed by atoms with Crippen molar-refractivity contribution in [2.75, 3.05) is 19.9 Å². The van der Waals surface area contributed by atoms with E-state index in [0.717, 1.165) is 11.8 Å². The van der Waals surface area contributed by atoms with E-state index in [4.69, 9.17) is 15.2 Å². The van der Waals surface area contributed by atoms with E-state index < -0.39 is 17.9 Å². The molecule has 0 aliphatic heterocycles. The third-order valence-electron chi connectivity index (χ3n) is 4.78. The zero-order chi connectivity index (χ0) is 23.4. The van der Waals surface area contributed by atoms with Gasteiger partial charge in [-0.1, -0.05) is 0 Å². The maximum Gasteiger partial charge on any atom is 0.338 e. The van der Waals surface area contributed by atoms with Gasteiger partial charge in [0.15, 0.2) is 11.5 Å². The van der Waals surface area contributed by atoms with Crippen molar-refractivity contribution in [3.63, 3.8) is 0 Å². The van der Waals surface area contributed by atoms with Crippen LogP contribution in [0.4, 0.5) is 10.2 Å². The van der Waals surface area contributed by atoms with Crippen LogP contribution < -0.4 is 15.8 Å². The summed E-state index contributed by atoms with van der Waals surface area (Å²) in [6.45, 7) is 2.05. The molecule has 0 radical (unpaired) electrons. The van der Waals surface area contributed by atoms with E-state index in [1.54, 1.807) is 25.7 Å². The zero-order valence-corrected chi connectivity index (χ0v) is 18.0. The number of halogens is 1. The summed E-state index contributed by atoms with van der Waals surface area (Å²) in [5.41, 5.74) is 8.10. The number of aryl methyl sites for hydroxylation is 1. The number of nitrogen functional groups attached to an aromatic ring is 1. The smallest absolute Gasteiger partial charge is 0.338 e. The molecular weight excluding hydrogens is 417 g/mol. The van der Waals surface area contributed by atoms with Crippen molar-refractivity contribution >= 4 is 11.8 Å². The molecule has 3 aromatic rings. The van der Waals surface area contributed by atoms with Crippen LogP contribution in [0.2, 0.25) is 0 Å². The highest BCUT2D eigenvalue weighted by molar-refractivity contribution is 5.91. The number of hydrogen-bond acceptors (Lipinski definition) is 9. The normalized spacial score (nSPS) is 11.6. The Bertz CT molecular complexity index is 1200. The molecule has 1 atom stereocenters. The molecule has 11 heteroatoms. The maximum atomic E-state index is 13.9. The zero-order valence-electron chi connectivity index (χ0n) is 18.0. The van der Waals surface area contributed by atoms with Crippen LogP contribution >= 0.6 is 0 Å². The van der Waals surface area contributed by atoms with Crippen molar-refractivity contribution in [2.45, 2.75) is 19.6 Å². The molecule has 0 aliphatic rings. The van der Waals surface area contributed by atoms with Gasteiger partial charge in [0.25, 0.3) is 5.88 Å². The van der Waals surface area contributed by atoms with Crippen LogP contribution in [0.15, 0.2) is 24.4 Å². The molecule has 0 spiro atoms. The number of hydrogen-bond donors (Lipinski definition) is 2. The van der Waals surface area contributed by atoms with Gasteiger partial charge in [0.2, 0.25) is 0 Å². The van der Waals surface area contributed by atoms with Gasteiger partial charge in [0, 0.05) is 19.2 Å². The summed E-state index contributed by atoms with van der Waals surface area (Å²) >= 11 is 0. The quantitative estimate of drug-likeness (QED) is 0.529. The number of nitrogens with zero attached hydrogens (tertiary/aromatic N) is 5. The van der Waals surface area contributed by atoms with Gasteiger partial charge in [-0.05, 0) is 32.2 Å². The molecule has 32 heavy (non-hydrogen) atoms. The number of aromatic nitrogens is 4. The number of anilines is 1. The van der Waals surface area contributed by atoms with E-state index in [9.17, 15) is 14.4 Å². The van der Waals surface area contributed by atoms with Crippen LogP contribution in [0.1, 0.15) is 40.3 Å². The summed E-state index contributed by atoms with van der Waals surface area (Å²) in [6, 6.07) is 5.72. The Morgan fingerprint density at radius 1 is 1.44 bits per heavy atom.